The van der Waals surface area contributed by atoms with Gasteiger partial charge in [0, 0.05) is 24.7 Å². The van der Waals surface area contributed by atoms with Crippen molar-refractivity contribution < 1.29 is 23.2 Å². The molecule has 1 unspecified atom stereocenters. The molecular formula is C22H21F2N3O3. The Morgan fingerprint density at radius 3 is 2.07 bits per heavy atom. The minimum Gasteiger partial charge on any atom is -0.339 e. The number of halogens is 2. The number of imide groups is 1. The molecule has 0 spiro atoms. The van der Waals surface area contributed by atoms with E-state index in [-0.39, 0.29) is 36.0 Å². The van der Waals surface area contributed by atoms with E-state index in [4.69, 9.17) is 0 Å². The quantitative estimate of drug-likeness (QED) is 0.782. The van der Waals surface area contributed by atoms with Gasteiger partial charge in [-0.1, -0.05) is 0 Å². The van der Waals surface area contributed by atoms with E-state index < -0.39 is 11.9 Å². The molecule has 0 saturated carbocycles. The molecule has 1 N–H and O–H groups in total. The Morgan fingerprint density at radius 2 is 1.47 bits per heavy atom. The highest BCUT2D eigenvalue weighted by Gasteiger charge is 2.40. The summed E-state index contributed by atoms with van der Waals surface area (Å²) < 4.78 is 26.2. The van der Waals surface area contributed by atoms with E-state index in [1.807, 2.05) is 0 Å². The van der Waals surface area contributed by atoms with Crippen LogP contribution in [-0.2, 0) is 9.59 Å². The van der Waals surface area contributed by atoms with Crippen LogP contribution in [0.2, 0.25) is 0 Å². The summed E-state index contributed by atoms with van der Waals surface area (Å²) in [5.74, 6) is -1.65. The number of carbonyl (C=O) groups excluding carboxylic acids is 3. The Kier molecular flexibility index (Phi) is 5.59. The highest BCUT2D eigenvalue weighted by Crippen LogP contribution is 2.24. The van der Waals surface area contributed by atoms with Crippen LogP contribution in [0.5, 0.6) is 0 Å². The van der Waals surface area contributed by atoms with Gasteiger partial charge in [-0.05, 0) is 61.4 Å². The van der Waals surface area contributed by atoms with E-state index in [0.717, 1.165) is 4.90 Å². The van der Waals surface area contributed by atoms with Gasteiger partial charge < -0.3 is 10.2 Å². The first-order valence-corrected chi connectivity index (χ1v) is 9.85. The van der Waals surface area contributed by atoms with Gasteiger partial charge in [0.15, 0.2) is 0 Å². The van der Waals surface area contributed by atoms with E-state index in [1.165, 1.54) is 48.5 Å². The third kappa shape index (κ3) is 4.09. The first-order valence-electron chi connectivity index (χ1n) is 9.85. The maximum atomic E-state index is 13.1. The highest BCUT2D eigenvalue weighted by atomic mass is 19.1. The zero-order valence-electron chi connectivity index (χ0n) is 16.2. The van der Waals surface area contributed by atoms with Crippen LogP contribution in [-0.4, -0.2) is 47.8 Å². The standard InChI is InChI=1S/C22H21F2N3O3/c23-15-3-1-14(2-4-15)21(29)26-11-9-17(10-12-26)25-19-13-20(28)27(22(19)30)18-7-5-16(24)6-8-18/h1-8,17,19,25H,9-13H2. The maximum absolute atomic E-state index is 13.1. The number of rotatable bonds is 4. The van der Waals surface area contributed by atoms with Crippen molar-refractivity contribution in [1.82, 2.24) is 10.2 Å². The number of likely N-dealkylation sites (tertiary alicyclic amines) is 1. The van der Waals surface area contributed by atoms with Gasteiger partial charge in [-0.15, -0.1) is 0 Å². The molecule has 2 aliphatic rings. The number of piperidine rings is 1. The number of nitrogens with zero attached hydrogens (tertiary/aromatic N) is 2. The van der Waals surface area contributed by atoms with Gasteiger partial charge in [0.25, 0.3) is 11.8 Å². The van der Waals surface area contributed by atoms with Gasteiger partial charge in [-0.25, -0.2) is 13.7 Å². The third-order valence-corrected chi connectivity index (χ3v) is 5.54. The van der Waals surface area contributed by atoms with Crippen molar-refractivity contribution >= 4 is 23.4 Å². The van der Waals surface area contributed by atoms with Crippen LogP contribution >= 0.6 is 0 Å². The van der Waals surface area contributed by atoms with Crippen molar-refractivity contribution in [2.75, 3.05) is 18.0 Å². The summed E-state index contributed by atoms with van der Waals surface area (Å²) in [7, 11) is 0. The van der Waals surface area contributed by atoms with Gasteiger partial charge in [0.2, 0.25) is 5.91 Å². The fourth-order valence-corrected chi connectivity index (χ4v) is 3.93. The lowest BCUT2D eigenvalue weighted by atomic mass is 10.0. The Bertz CT molecular complexity index is 955. The van der Waals surface area contributed by atoms with Crippen LogP contribution < -0.4 is 10.2 Å². The number of nitrogens with one attached hydrogen (secondary N) is 1. The van der Waals surface area contributed by atoms with E-state index in [1.54, 1.807) is 4.90 Å². The summed E-state index contributed by atoms with van der Waals surface area (Å²) in [6, 6.07) is 10.1. The van der Waals surface area contributed by atoms with Gasteiger partial charge >= 0.3 is 0 Å². The first-order chi connectivity index (χ1) is 14.4. The van der Waals surface area contributed by atoms with Gasteiger partial charge in [-0.3, -0.25) is 14.4 Å². The van der Waals surface area contributed by atoms with E-state index in [2.05, 4.69) is 5.32 Å². The average molecular weight is 413 g/mol. The lowest BCUT2D eigenvalue weighted by Crippen LogP contribution is -2.49. The van der Waals surface area contributed by atoms with Gasteiger partial charge in [0.05, 0.1) is 18.2 Å². The molecule has 2 aromatic rings. The Morgan fingerprint density at radius 1 is 0.900 bits per heavy atom. The molecule has 2 aromatic carbocycles. The van der Waals surface area contributed by atoms with Crippen molar-refractivity contribution in [2.24, 2.45) is 0 Å². The average Bonchev–Trinajstić information content (AvgIpc) is 3.02. The molecule has 30 heavy (non-hydrogen) atoms. The number of hydrogen-bond donors (Lipinski definition) is 1. The summed E-state index contributed by atoms with van der Waals surface area (Å²) in [5.41, 5.74) is 0.796. The molecule has 2 heterocycles. The Hall–Kier alpha value is -3.13. The van der Waals surface area contributed by atoms with E-state index in [9.17, 15) is 23.2 Å². The SMILES string of the molecule is O=C(c1ccc(F)cc1)N1CCC(NC2CC(=O)N(c3ccc(F)cc3)C2=O)CC1. The lowest BCUT2D eigenvalue weighted by molar-refractivity contribution is -0.121. The largest absolute Gasteiger partial charge is 0.339 e. The number of anilines is 1. The second-order valence-electron chi connectivity index (χ2n) is 7.54. The third-order valence-electron chi connectivity index (χ3n) is 5.54. The topological polar surface area (TPSA) is 69.7 Å². The van der Waals surface area contributed by atoms with Gasteiger partial charge in [0.1, 0.15) is 11.6 Å². The van der Waals surface area contributed by atoms with Crippen LogP contribution in [0, 0.1) is 11.6 Å². The summed E-state index contributed by atoms with van der Waals surface area (Å²) in [5, 5.41) is 3.24. The molecule has 2 saturated heterocycles. The normalized spacial score (nSPS) is 20.1. The fraction of sp³-hybridized carbons (Fsp3) is 0.318. The zero-order chi connectivity index (χ0) is 21.3. The first kappa shape index (κ1) is 20.2. The van der Waals surface area contributed by atoms with Crippen molar-refractivity contribution in [3.05, 3.63) is 65.7 Å². The predicted molar refractivity (Wildman–Crippen MR) is 106 cm³/mol. The molecule has 0 radical (unpaired) electrons. The molecule has 0 bridgehead atoms. The van der Waals surface area contributed by atoms with Crippen LogP contribution in [0.25, 0.3) is 0 Å². The minimum absolute atomic E-state index is 0.00261. The molecule has 156 valence electrons. The van der Waals surface area contributed by atoms with Crippen molar-refractivity contribution in [3.63, 3.8) is 0 Å². The zero-order valence-corrected chi connectivity index (χ0v) is 16.2. The second-order valence-corrected chi connectivity index (χ2v) is 7.54. The smallest absolute Gasteiger partial charge is 0.253 e. The molecule has 8 heteroatoms. The molecule has 2 fully saturated rings. The molecule has 0 aromatic heterocycles. The van der Waals surface area contributed by atoms with E-state index >= 15 is 0 Å². The fourth-order valence-electron chi connectivity index (χ4n) is 3.93. The monoisotopic (exact) mass is 413 g/mol. The number of hydrogen-bond acceptors (Lipinski definition) is 4. The molecule has 4 rings (SSSR count). The summed E-state index contributed by atoms with van der Waals surface area (Å²) in [6.45, 7) is 1.01. The molecule has 2 aliphatic heterocycles. The van der Waals surface area contributed by atoms with Crippen molar-refractivity contribution in [1.29, 1.82) is 0 Å². The summed E-state index contributed by atoms with van der Waals surface area (Å²) in [4.78, 5) is 40.4. The summed E-state index contributed by atoms with van der Waals surface area (Å²) >= 11 is 0. The Labute approximate surface area is 172 Å². The lowest BCUT2D eigenvalue weighted by Gasteiger charge is -2.33. The van der Waals surface area contributed by atoms with Crippen LogP contribution in [0.3, 0.4) is 0 Å². The number of carbonyl (C=O) groups is 3. The molecule has 3 amide bonds. The van der Waals surface area contributed by atoms with Crippen molar-refractivity contribution in [3.8, 4) is 0 Å². The van der Waals surface area contributed by atoms with Gasteiger partial charge in [-0.2, -0.15) is 0 Å². The van der Waals surface area contributed by atoms with Crippen LogP contribution in [0.4, 0.5) is 14.5 Å². The molecule has 6 nitrogen and oxygen atoms in total. The minimum atomic E-state index is -0.632. The summed E-state index contributed by atoms with van der Waals surface area (Å²) in [6.07, 6.45) is 1.33. The maximum Gasteiger partial charge on any atom is 0.253 e. The van der Waals surface area contributed by atoms with E-state index in [0.29, 0.717) is 37.2 Å². The van der Waals surface area contributed by atoms with Crippen molar-refractivity contribution in [2.45, 2.75) is 31.3 Å². The molecule has 1 atom stereocenters. The predicted octanol–water partition coefficient (Wildman–Crippen LogP) is 2.49. The number of amides is 3. The highest BCUT2D eigenvalue weighted by molar-refractivity contribution is 6.22. The molecule has 0 aliphatic carbocycles. The van der Waals surface area contributed by atoms with Crippen LogP contribution in [0.15, 0.2) is 48.5 Å². The number of benzene rings is 2. The Balaban J connectivity index is 1.33. The molecular weight excluding hydrogens is 392 g/mol. The van der Waals surface area contributed by atoms with Crippen LogP contribution in [0.1, 0.15) is 29.6 Å². The second kappa shape index (κ2) is 8.31.